The van der Waals surface area contributed by atoms with Crippen LogP contribution in [-0.2, 0) is 14.9 Å². The fourth-order valence-corrected chi connectivity index (χ4v) is 3.84. The molecule has 3 rings (SSSR count). The van der Waals surface area contributed by atoms with Crippen molar-refractivity contribution in [2.45, 2.75) is 4.90 Å². The first kappa shape index (κ1) is 24.7. The van der Waals surface area contributed by atoms with Crippen LogP contribution in [0.2, 0.25) is 10.0 Å². The summed E-state index contributed by atoms with van der Waals surface area (Å²) in [6, 6.07) is 16.1. The molecule has 0 saturated heterocycles. The van der Waals surface area contributed by atoms with Crippen LogP contribution in [0.1, 0.15) is 5.56 Å². The van der Waals surface area contributed by atoms with Gasteiger partial charge in [0, 0.05) is 17.8 Å². The van der Waals surface area contributed by atoms with Gasteiger partial charge >= 0.3 is 10.1 Å². The Morgan fingerprint density at radius 1 is 1.03 bits per heavy atom. The lowest BCUT2D eigenvalue weighted by Gasteiger charge is -2.08. The molecular formula is C22H13Cl2N3O6S. The van der Waals surface area contributed by atoms with Gasteiger partial charge in [-0.25, -0.2) is 0 Å². The lowest BCUT2D eigenvalue weighted by atomic mass is 10.1. The van der Waals surface area contributed by atoms with Crippen molar-refractivity contribution >= 4 is 56.7 Å². The molecule has 0 unspecified atom stereocenters. The summed E-state index contributed by atoms with van der Waals surface area (Å²) >= 11 is 11.8. The monoisotopic (exact) mass is 517 g/mol. The third kappa shape index (κ3) is 6.11. The van der Waals surface area contributed by atoms with Gasteiger partial charge in [-0.3, -0.25) is 14.9 Å². The molecule has 1 amide bonds. The molecule has 9 nitrogen and oxygen atoms in total. The van der Waals surface area contributed by atoms with E-state index in [0.717, 1.165) is 24.3 Å². The second-order valence-electron chi connectivity index (χ2n) is 6.61. The molecule has 0 fully saturated rings. The van der Waals surface area contributed by atoms with Crippen LogP contribution >= 0.6 is 23.2 Å². The van der Waals surface area contributed by atoms with Gasteiger partial charge in [0.25, 0.3) is 11.6 Å². The fourth-order valence-electron chi connectivity index (χ4n) is 2.62. The Morgan fingerprint density at radius 3 is 2.24 bits per heavy atom. The highest BCUT2D eigenvalue weighted by molar-refractivity contribution is 7.87. The Kier molecular flexibility index (Phi) is 7.53. The normalized spacial score (nSPS) is 11.4. The Labute approximate surface area is 204 Å². The molecule has 34 heavy (non-hydrogen) atoms. The predicted octanol–water partition coefficient (Wildman–Crippen LogP) is 5.21. The van der Waals surface area contributed by atoms with Gasteiger partial charge < -0.3 is 9.50 Å². The number of anilines is 1. The number of hydrogen-bond acceptors (Lipinski definition) is 7. The molecule has 172 valence electrons. The van der Waals surface area contributed by atoms with Crippen molar-refractivity contribution in [1.29, 1.82) is 5.26 Å². The average Bonchev–Trinajstić information content (AvgIpc) is 2.80. The first-order chi connectivity index (χ1) is 16.1. The third-order valence-electron chi connectivity index (χ3n) is 4.28. The Balaban J connectivity index is 1.73. The summed E-state index contributed by atoms with van der Waals surface area (Å²) < 4.78 is 29.8. The number of nitrogens with zero attached hydrogens (tertiary/aromatic N) is 2. The van der Waals surface area contributed by atoms with E-state index in [2.05, 4.69) is 5.32 Å². The number of hydrogen-bond donors (Lipinski definition) is 1. The lowest BCUT2D eigenvalue weighted by Crippen LogP contribution is -2.13. The van der Waals surface area contributed by atoms with Gasteiger partial charge in [0.05, 0.1) is 15.0 Å². The van der Waals surface area contributed by atoms with E-state index in [1.165, 1.54) is 48.5 Å². The minimum Gasteiger partial charge on any atom is -0.379 e. The predicted molar refractivity (Wildman–Crippen MR) is 126 cm³/mol. The van der Waals surface area contributed by atoms with E-state index in [0.29, 0.717) is 16.3 Å². The number of carbonyl (C=O) groups excluding carboxylic acids is 1. The van der Waals surface area contributed by atoms with E-state index in [4.69, 9.17) is 27.4 Å². The minimum absolute atomic E-state index is 0.0331. The van der Waals surface area contributed by atoms with Crippen molar-refractivity contribution in [2.75, 3.05) is 5.32 Å². The highest BCUT2D eigenvalue weighted by Crippen LogP contribution is 2.26. The molecule has 3 aromatic rings. The molecule has 0 atom stereocenters. The Bertz CT molecular complexity index is 1430. The quantitative estimate of drug-likeness (QED) is 0.149. The average molecular weight is 518 g/mol. The number of benzene rings is 3. The highest BCUT2D eigenvalue weighted by atomic mass is 35.5. The van der Waals surface area contributed by atoms with Crippen molar-refractivity contribution in [3.05, 3.63) is 98.0 Å². The summed E-state index contributed by atoms with van der Waals surface area (Å²) in [6.07, 6.45) is 1.31. The second kappa shape index (κ2) is 10.4. The summed E-state index contributed by atoms with van der Waals surface area (Å²) in [5.74, 6) is -0.712. The molecule has 0 spiro atoms. The summed E-state index contributed by atoms with van der Waals surface area (Å²) in [4.78, 5) is 22.2. The maximum atomic E-state index is 12.4. The molecule has 0 radical (unpaired) electrons. The maximum Gasteiger partial charge on any atom is 0.339 e. The topological polar surface area (TPSA) is 139 Å². The Hall–Kier alpha value is -3.91. The van der Waals surface area contributed by atoms with E-state index in [-0.39, 0.29) is 26.9 Å². The van der Waals surface area contributed by atoms with Gasteiger partial charge in [0.1, 0.15) is 22.3 Å². The van der Waals surface area contributed by atoms with Crippen molar-refractivity contribution in [3.63, 3.8) is 0 Å². The third-order valence-corrected chi connectivity index (χ3v) is 6.28. The number of non-ortho nitro benzene ring substituents is 1. The smallest absolute Gasteiger partial charge is 0.339 e. The van der Waals surface area contributed by atoms with Crippen LogP contribution in [0.3, 0.4) is 0 Å². The number of carbonyl (C=O) groups is 1. The zero-order valence-corrected chi connectivity index (χ0v) is 19.3. The van der Waals surface area contributed by atoms with Crippen molar-refractivity contribution in [2.24, 2.45) is 0 Å². The van der Waals surface area contributed by atoms with Gasteiger partial charge in [-0.2, -0.15) is 13.7 Å². The molecular weight excluding hydrogens is 505 g/mol. The summed E-state index contributed by atoms with van der Waals surface area (Å²) in [5, 5.41) is 23.1. The summed E-state index contributed by atoms with van der Waals surface area (Å²) in [7, 11) is -4.23. The molecule has 0 bridgehead atoms. The van der Waals surface area contributed by atoms with Gasteiger partial charge in [0.15, 0.2) is 0 Å². The van der Waals surface area contributed by atoms with E-state index in [1.807, 2.05) is 0 Å². The summed E-state index contributed by atoms with van der Waals surface area (Å²) in [6.45, 7) is 0. The highest BCUT2D eigenvalue weighted by Gasteiger charge is 2.18. The zero-order valence-electron chi connectivity index (χ0n) is 16.9. The van der Waals surface area contributed by atoms with Gasteiger partial charge in [-0.05, 0) is 54.1 Å². The van der Waals surface area contributed by atoms with Crippen molar-refractivity contribution < 1.29 is 22.3 Å². The fraction of sp³-hybridized carbons (Fsp3) is 0. The van der Waals surface area contributed by atoms with Crippen molar-refractivity contribution in [3.8, 4) is 11.8 Å². The SMILES string of the molecule is N#C/C(=C/c1ccc(OS(=O)(=O)c2ccc([N+](=O)[O-])cc2)cc1)C(=O)Nc1ccc(Cl)c(Cl)c1. The van der Waals surface area contributed by atoms with E-state index < -0.39 is 20.9 Å². The van der Waals surface area contributed by atoms with Gasteiger partial charge in [-0.1, -0.05) is 35.3 Å². The molecule has 0 saturated carbocycles. The number of nitriles is 1. The number of nitrogens with one attached hydrogen (secondary N) is 1. The zero-order chi connectivity index (χ0) is 24.9. The molecule has 0 aliphatic carbocycles. The van der Waals surface area contributed by atoms with Crippen LogP contribution in [-0.4, -0.2) is 19.2 Å². The number of nitro benzene ring substituents is 1. The van der Waals surface area contributed by atoms with Crippen molar-refractivity contribution in [1.82, 2.24) is 0 Å². The van der Waals surface area contributed by atoms with Crippen LogP contribution in [0.5, 0.6) is 5.75 Å². The molecule has 3 aromatic carbocycles. The van der Waals surface area contributed by atoms with Gasteiger partial charge in [0.2, 0.25) is 0 Å². The number of nitro groups is 1. The molecule has 0 aliphatic heterocycles. The maximum absolute atomic E-state index is 12.4. The molecule has 0 aromatic heterocycles. The molecule has 1 N–H and O–H groups in total. The van der Waals surface area contributed by atoms with E-state index in [9.17, 15) is 28.6 Å². The largest absolute Gasteiger partial charge is 0.379 e. The molecule has 0 heterocycles. The number of rotatable bonds is 7. The van der Waals surface area contributed by atoms with Crippen LogP contribution in [0.4, 0.5) is 11.4 Å². The molecule has 12 heteroatoms. The standard InChI is InChI=1S/C22H13Cl2N3O6S/c23-20-10-3-16(12-21(20)24)26-22(28)15(13-25)11-14-1-6-18(7-2-14)33-34(31,32)19-8-4-17(5-9-19)27(29)30/h1-12H,(H,26,28)/b15-11-. The van der Waals surface area contributed by atoms with E-state index >= 15 is 0 Å². The Morgan fingerprint density at radius 2 is 1.68 bits per heavy atom. The molecule has 0 aliphatic rings. The van der Waals surface area contributed by atoms with Crippen LogP contribution in [0, 0.1) is 21.4 Å². The van der Waals surface area contributed by atoms with Gasteiger partial charge in [-0.15, -0.1) is 0 Å². The number of amides is 1. The number of halogens is 2. The van der Waals surface area contributed by atoms with Crippen LogP contribution in [0.15, 0.2) is 77.2 Å². The second-order valence-corrected chi connectivity index (χ2v) is 8.97. The van der Waals surface area contributed by atoms with Crippen LogP contribution < -0.4 is 9.50 Å². The summed E-state index contributed by atoms with van der Waals surface area (Å²) in [5.41, 5.74) is 0.312. The minimum atomic E-state index is -4.23. The van der Waals surface area contributed by atoms with Crippen LogP contribution in [0.25, 0.3) is 6.08 Å². The first-order valence-corrected chi connectivity index (χ1v) is 11.4. The van der Waals surface area contributed by atoms with E-state index in [1.54, 1.807) is 6.07 Å². The lowest BCUT2D eigenvalue weighted by molar-refractivity contribution is -0.384. The first-order valence-electron chi connectivity index (χ1n) is 9.26.